The molecule has 33 heavy (non-hydrogen) atoms. The first kappa shape index (κ1) is 22.1. The monoisotopic (exact) mass is 480 g/mol. The minimum atomic E-state index is -4.18. The van der Waals surface area contributed by atoms with Crippen molar-refractivity contribution in [2.75, 3.05) is 10.0 Å². The van der Waals surface area contributed by atoms with Gasteiger partial charge in [0, 0.05) is 35.0 Å². The van der Waals surface area contributed by atoms with Crippen molar-refractivity contribution in [3.63, 3.8) is 0 Å². The second-order valence-electron chi connectivity index (χ2n) is 6.78. The molecule has 11 heteroatoms. The van der Waals surface area contributed by atoms with Gasteiger partial charge in [-0.05, 0) is 30.3 Å². The molecule has 2 N–H and O–H groups in total. The van der Waals surface area contributed by atoms with E-state index in [-0.39, 0.29) is 21.8 Å². The first-order chi connectivity index (χ1) is 15.8. The quantitative estimate of drug-likeness (QED) is 0.289. The number of thiazole rings is 1. The Hall–Kier alpha value is -4.09. The minimum absolute atomic E-state index is 0.0394. The highest BCUT2D eigenvalue weighted by atomic mass is 32.2. The van der Waals surface area contributed by atoms with E-state index in [1.807, 2.05) is 11.4 Å². The number of nitrogens with one attached hydrogen (secondary N) is 2. The third-order valence-corrected chi connectivity index (χ3v) is 6.74. The minimum Gasteiger partial charge on any atom is -0.322 e. The Morgan fingerprint density at radius 3 is 2.55 bits per heavy atom. The van der Waals surface area contributed by atoms with Crippen LogP contribution in [0.25, 0.3) is 10.6 Å². The third kappa shape index (κ3) is 5.05. The molecule has 1 heterocycles. The normalized spacial score (nSPS) is 11.0. The number of carbonyl (C=O) groups is 1. The number of aromatic nitrogens is 1. The lowest BCUT2D eigenvalue weighted by atomic mass is 10.1. The predicted octanol–water partition coefficient (Wildman–Crippen LogP) is 4.77. The zero-order chi connectivity index (χ0) is 23.4. The number of nitro groups is 1. The fraction of sp³-hybridized carbons (Fsp3) is 0. The van der Waals surface area contributed by atoms with Gasteiger partial charge in [0.15, 0.2) is 0 Å². The molecule has 0 atom stereocenters. The molecule has 0 saturated carbocycles. The van der Waals surface area contributed by atoms with Gasteiger partial charge in [-0.3, -0.25) is 19.6 Å². The van der Waals surface area contributed by atoms with Gasteiger partial charge in [0.2, 0.25) is 0 Å². The van der Waals surface area contributed by atoms with E-state index in [0.29, 0.717) is 5.69 Å². The molecule has 0 aliphatic carbocycles. The lowest BCUT2D eigenvalue weighted by molar-refractivity contribution is -0.385. The fourth-order valence-electron chi connectivity index (χ4n) is 3.03. The van der Waals surface area contributed by atoms with E-state index in [1.165, 1.54) is 41.7 Å². The van der Waals surface area contributed by atoms with Gasteiger partial charge in [0.05, 0.1) is 21.1 Å². The molecule has 0 saturated heterocycles. The second kappa shape index (κ2) is 9.18. The van der Waals surface area contributed by atoms with Gasteiger partial charge >= 0.3 is 0 Å². The van der Waals surface area contributed by atoms with Crippen LogP contribution in [0.4, 0.5) is 17.1 Å². The first-order valence-electron chi connectivity index (χ1n) is 9.51. The summed E-state index contributed by atoms with van der Waals surface area (Å²) in [6, 6.07) is 17.9. The highest BCUT2D eigenvalue weighted by molar-refractivity contribution is 7.92. The summed E-state index contributed by atoms with van der Waals surface area (Å²) in [7, 11) is -4.18. The van der Waals surface area contributed by atoms with Gasteiger partial charge in [-0.2, -0.15) is 0 Å². The number of anilines is 2. The van der Waals surface area contributed by atoms with Gasteiger partial charge in [0.25, 0.3) is 21.6 Å². The highest BCUT2D eigenvalue weighted by Crippen LogP contribution is 2.26. The molecule has 3 aromatic carbocycles. The summed E-state index contributed by atoms with van der Waals surface area (Å²) in [4.78, 5) is 27.2. The Morgan fingerprint density at radius 1 is 1.00 bits per heavy atom. The van der Waals surface area contributed by atoms with Crippen molar-refractivity contribution in [1.29, 1.82) is 0 Å². The van der Waals surface area contributed by atoms with Crippen molar-refractivity contribution in [2.45, 2.75) is 4.90 Å². The number of hydrogen-bond donors (Lipinski definition) is 2. The molecule has 0 bridgehead atoms. The summed E-state index contributed by atoms with van der Waals surface area (Å²) in [5, 5.41) is 16.4. The molecule has 1 aromatic heterocycles. The van der Waals surface area contributed by atoms with E-state index < -0.39 is 20.9 Å². The molecule has 166 valence electrons. The maximum Gasteiger partial charge on any atom is 0.270 e. The number of rotatable bonds is 7. The Balaban J connectivity index is 1.59. The SMILES string of the molecule is O=C(Nc1cccc(-c2nccs2)c1)c1ccccc1NS(=O)(=O)c1cccc([N+](=O)[O-])c1. The van der Waals surface area contributed by atoms with Crippen molar-refractivity contribution in [3.05, 3.63) is 100 Å². The zero-order valence-electron chi connectivity index (χ0n) is 16.8. The molecule has 0 aliphatic heterocycles. The van der Waals surface area contributed by atoms with Crippen molar-refractivity contribution < 1.29 is 18.1 Å². The van der Waals surface area contributed by atoms with Gasteiger partial charge in [-0.15, -0.1) is 11.3 Å². The van der Waals surface area contributed by atoms with Crippen LogP contribution in [0.1, 0.15) is 10.4 Å². The topological polar surface area (TPSA) is 131 Å². The van der Waals surface area contributed by atoms with Gasteiger partial charge in [-0.25, -0.2) is 13.4 Å². The first-order valence-corrected chi connectivity index (χ1v) is 11.9. The van der Waals surface area contributed by atoms with Gasteiger partial charge in [0.1, 0.15) is 5.01 Å². The number of hydrogen-bond acceptors (Lipinski definition) is 7. The van der Waals surface area contributed by atoms with E-state index >= 15 is 0 Å². The van der Waals surface area contributed by atoms with Crippen LogP contribution in [-0.2, 0) is 10.0 Å². The number of sulfonamides is 1. The van der Waals surface area contributed by atoms with E-state index in [2.05, 4.69) is 15.0 Å². The third-order valence-electron chi connectivity index (χ3n) is 4.55. The molecule has 0 spiro atoms. The van der Waals surface area contributed by atoms with Gasteiger partial charge < -0.3 is 5.32 Å². The van der Waals surface area contributed by atoms with Gasteiger partial charge in [-0.1, -0.05) is 30.3 Å². The number of amides is 1. The van der Waals surface area contributed by atoms with Crippen molar-refractivity contribution in [3.8, 4) is 10.6 Å². The van der Waals surface area contributed by atoms with Crippen LogP contribution in [0.5, 0.6) is 0 Å². The molecule has 9 nitrogen and oxygen atoms in total. The molecule has 0 fully saturated rings. The van der Waals surface area contributed by atoms with Crippen molar-refractivity contribution >= 4 is 44.3 Å². The van der Waals surface area contributed by atoms with Crippen LogP contribution < -0.4 is 10.0 Å². The lowest BCUT2D eigenvalue weighted by Crippen LogP contribution is -2.18. The predicted molar refractivity (Wildman–Crippen MR) is 126 cm³/mol. The Morgan fingerprint density at radius 2 is 1.79 bits per heavy atom. The van der Waals surface area contributed by atoms with Crippen molar-refractivity contribution in [2.24, 2.45) is 0 Å². The van der Waals surface area contributed by atoms with E-state index in [4.69, 9.17) is 0 Å². The summed E-state index contributed by atoms with van der Waals surface area (Å²) in [6.07, 6.45) is 1.69. The molecule has 1 amide bonds. The zero-order valence-corrected chi connectivity index (χ0v) is 18.5. The average molecular weight is 481 g/mol. The summed E-state index contributed by atoms with van der Waals surface area (Å²) in [5.74, 6) is -0.524. The Bertz CT molecular complexity index is 1440. The largest absolute Gasteiger partial charge is 0.322 e. The summed E-state index contributed by atoms with van der Waals surface area (Å²) >= 11 is 1.47. The van der Waals surface area contributed by atoms with E-state index in [1.54, 1.807) is 36.5 Å². The Labute approximate surface area is 193 Å². The summed E-state index contributed by atoms with van der Waals surface area (Å²) < 4.78 is 28.0. The van der Waals surface area contributed by atoms with Crippen LogP contribution in [-0.4, -0.2) is 24.2 Å². The average Bonchev–Trinajstić information content (AvgIpc) is 3.34. The lowest BCUT2D eigenvalue weighted by Gasteiger charge is -2.13. The Kier molecular flexibility index (Phi) is 6.16. The van der Waals surface area contributed by atoms with Crippen molar-refractivity contribution in [1.82, 2.24) is 4.98 Å². The molecule has 0 aliphatic rings. The van der Waals surface area contributed by atoms with Crippen LogP contribution in [0.15, 0.2) is 89.3 Å². The summed E-state index contributed by atoms with van der Waals surface area (Å²) in [5.41, 5.74) is 1.12. The summed E-state index contributed by atoms with van der Waals surface area (Å²) in [6.45, 7) is 0. The molecular weight excluding hydrogens is 464 g/mol. The van der Waals surface area contributed by atoms with Crippen LogP contribution in [0.2, 0.25) is 0 Å². The van der Waals surface area contributed by atoms with E-state index in [9.17, 15) is 23.3 Å². The van der Waals surface area contributed by atoms with Crippen LogP contribution in [0, 0.1) is 10.1 Å². The molecule has 0 unspecified atom stereocenters. The molecule has 0 radical (unpaired) electrons. The van der Waals surface area contributed by atoms with Crippen LogP contribution in [0.3, 0.4) is 0 Å². The molecule has 4 rings (SSSR count). The standard InChI is InChI=1S/C22H16N4O5S2/c27-21(24-16-6-3-5-15(13-16)22-23-11-12-32-22)19-9-1-2-10-20(19)25-33(30,31)18-8-4-7-17(14-18)26(28)29/h1-14,25H,(H,24,27). The number of nitrogens with zero attached hydrogens (tertiary/aromatic N) is 2. The smallest absolute Gasteiger partial charge is 0.270 e. The maximum atomic E-state index is 13.0. The fourth-order valence-corrected chi connectivity index (χ4v) is 4.79. The second-order valence-corrected chi connectivity index (χ2v) is 9.35. The highest BCUT2D eigenvalue weighted by Gasteiger charge is 2.21. The molecule has 4 aromatic rings. The number of nitro benzene ring substituents is 1. The van der Waals surface area contributed by atoms with E-state index in [0.717, 1.165) is 16.6 Å². The van der Waals surface area contributed by atoms with Crippen LogP contribution >= 0.6 is 11.3 Å². The molecular formula is C22H16N4O5S2. The number of non-ortho nitro benzene ring substituents is 1. The number of para-hydroxylation sites is 1. The maximum absolute atomic E-state index is 13.0. The number of carbonyl (C=O) groups excluding carboxylic acids is 1. The number of benzene rings is 3.